The van der Waals surface area contributed by atoms with Crippen LogP contribution in [0.15, 0.2) is 58.3 Å². The van der Waals surface area contributed by atoms with Crippen LogP contribution in [0.3, 0.4) is 0 Å². The highest BCUT2D eigenvalue weighted by Gasteiger charge is 2.51. The first-order chi connectivity index (χ1) is 16.4. The molecule has 1 saturated carbocycles. The number of hydrogen-bond acceptors (Lipinski definition) is 6. The topological polar surface area (TPSA) is 72.9 Å². The molecule has 2 N–H and O–H groups in total. The lowest BCUT2D eigenvalue weighted by Crippen LogP contribution is -2.59. The summed E-state index contributed by atoms with van der Waals surface area (Å²) in [7, 11) is -3.76. The molecule has 11 heteroatoms. The average molecular weight is 530 g/mol. The first-order valence-corrected chi connectivity index (χ1v) is 13.5. The molecule has 1 unspecified atom stereocenters. The Morgan fingerprint density at radius 2 is 1.74 bits per heavy atom. The number of sulfonamides is 1. The van der Waals surface area contributed by atoms with E-state index in [2.05, 4.69) is 17.9 Å². The minimum Gasteiger partial charge on any atom is -0.376 e. The van der Waals surface area contributed by atoms with E-state index < -0.39 is 21.8 Å². The fraction of sp³-hybridized carbons (Fsp3) is 0.500. The Kier molecular flexibility index (Phi) is 7.46. The van der Waals surface area contributed by atoms with Crippen molar-refractivity contribution in [3.63, 3.8) is 0 Å². The van der Waals surface area contributed by atoms with Crippen molar-refractivity contribution in [3.8, 4) is 0 Å². The predicted octanol–water partition coefficient (Wildman–Crippen LogP) is 3.77. The lowest BCUT2D eigenvalue weighted by Gasteiger charge is -2.43. The van der Waals surface area contributed by atoms with E-state index in [0.29, 0.717) is 29.7 Å². The van der Waals surface area contributed by atoms with Gasteiger partial charge in [-0.3, -0.25) is 0 Å². The van der Waals surface area contributed by atoms with Crippen molar-refractivity contribution >= 4 is 28.3 Å². The number of rotatable bonds is 7. The molecule has 1 heterocycles. The third-order valence-corrected chi connectivity index (χ3v) is 9.45. The van der Waals surface area contributed by atoms with Gasteiger partial charge in [0.2, 0.25) is 10.0 Å². The van der Waals surface area contributed by atoms with Crippen LogP contribution in [-0.2, 0) is 15.6 Å². The number of thiol groups is 1. The first-order valence-electron chi connectivity index (χ1n) is 11.6. The van der Waals surface area contributed by atoms with Gasteiger partial charge in [-0.2, -0.15) is 17.5 Å². The van der Waals surface area contributed by atoms with Crippen LogP contribution in [-0.4, -0.2) is 62.3 Å². The molecule has 192 valence electrons. The van der Waals surface area contributed by atoms with E-state index in [4.69, 9.17) is 0 Å². The van der Waals surface area contributed by atoms with Crippen LogP contribution in [0.2, 0.25) is 0 Å². The number of alkyl halides is 3. The largest absolute Gasteiger partial charge is 0.421 e. The van der Waals surface area contributed by atoms with Gasteiger partial charge in [0, 0.05) is 42.8 Å². The standard InChI is InChI=1S/C24H30F3N3O3S2/c1-23(31,24(25,26)27)17-9-11-19(12-10-17)30-14-13-29(16-20(30)15-28-18-5-4-6-18)35(32,33)22-8-3-2-7-21(22)34/h2-3,7-12,18,20,28,31,34H,4-6,13-16H2,1H3/t20-,23?/m0/s1. The molecule has 0 bridgehead atoms. The third kappa shape index (κ3) is 5.34. The van der Waals surface area contributed by atoms with Crippen molar-refractivity contribution in [3.05, 3.63) is 54.1 Å². The zero-order chi connectivity index (χ0) is 25.4. The van der Waals surface area contributed by atoms with Gasteiger partial charge in [0.15, 0.2) is 5.60 Å². The normalized spacial score (nSPS) is 22.0. The van der Waals surface area contributed by atoms with Gasteiger partial charge in [-0.05, 0) is 49.6 Å². The van der Waals surface area contributed by atoms with Crippen LogP contribution >= 0.6 is 12.6 Å². The summed E-state index contributed by atoms with van der Waals surface area (Å²) in [6.45, 7) is 2.11. The van der Waals surface area contributed by atoms with Gasteiger partial charge in [-0.15, -0.1) is 12.6 Å². The monoisotopic (exact) mass is 529 g/mol. The summed E-state index contributed by atoms with van der Waals surface area (Å²) < 4.78 is 67.9. The summed E-state index contributed by atoms with van der Waals surface area (Å²) in [4.78, 5) is 2.56. The highest BCUT2D eigenvalue weighted by Crippen LogP contribution is 2.39. The van der Waals surface area contributed by atoms with Gasteiger partial charge in [0.25, 0.3) is 0 Å². The fourth-order valence-electron chi connectivity index (χ4n) is 4.43. The first kappa shape index (κ1) is 26.3. The van der Waals surface area contributed by atoms with E-state index in [1.807, 2.05) is 4.90 Å². The van der Waals surface area contributed by atoms with E-state index in [1.165, 1.54) is 22.5 Å². The van der Waals surface area contributed by atoms with Gasteiger partial charge in [0.05, 0.1) is 10.9 Å². The van der Waals surface area contributed by atoms with Crippen LogP contribution < -0.4 is 10.2 Å². The quantitative estimate of drug-likeness (QED) is 0.477. The van der Waals surface area contributed by atoms with Crippen LogP contribution in [0.1, 0.15) is 31.7 Å². The molecule has 1 aliphatic heterocycles. The van der Waals surface area contributed by atoms with Gasteiger partial charge < -0.3 is 15.3 Å². The molecular weight excluding hydrogens is 499 g/mol. The Balaban J connectivity index is 1.57. The van der Waals surface area contributed by atoms with E-state index in [0.717, 1.165) is 26.2 Å². The zero-order valence-corrected chi connectivity index (χ0v) is 21.1. The van der Waals surface area contributed by atoms with Gasteiger partial charge in [0.1, 0.15) is 0 Å². The molecule has 2 aliphatic rings. The minimum atomic E-state index is -4.80. The number of aliphatic hydroxyl groups is 1. The molecule has 35 heavy (non-hydrogen) atoms. The predicted molar refractivity (Wildman–Crippen MR) is 131 cm³/mol. The number of nitrogens with one attached hydrogen (secondary N) is 1. The second kappa shape index (κ2) is 9.93. The fourth-order valence-corrected chi connectivity index (χ4v) is 6.49. The number of hydrogen-bond donors (Lipinski definition) is 3. The maximum Gasteiger partial charge on any atom is 0.421 e. The maximum atomic E-state index is 13.4. The summed E-state index contributed by atoms with van der Waals surface area (Å²) in [5.74, 6) is 0. The summed E-state index contributed by atoms with van der Waals surface area (Å²) in [6.07, 6.45) is -1.50. The minimum absolute atomic E-state index is 0.154. The molecule has 0 amide bonds. The highest BCUT2D eigenvalue weighted by atomic mass is 32.2. The number of benzene rings is 2. The van der Waals surface area contributed by atoms with Crippen molar-refractivity contribution in [1.29, 1.82) is 0 Å². The van der Waals surface area contributed by atoms with Crippen molar-refractivity contribution < 1.29 is 26.7 Å². The van der Waals surface area contributed by atoms with Crippen molar-refractivity contribution in [2.24, 2.45) is 0 Å². The Bertz CT molecular complexity index is 1140. The van der Waals surface area contributed by atoms with E-state index >= 15 is 0 Å². The Morgan fingerprint density at radius 3 is 2.31 bits per heavy atom. The molecule has 2 aromatic rings. The number of halogens is 3. The SMILES string of the molecule is CC(O)(c1ccc(N2CCN(S(=O)(=O)c3ccccc3S)C[C@@H]2CNC2CCC2)cc1)C(F)(F)F. The molecule has 4 rings (SSSR count). The summed E-state index contributed by atoms with van der Waals surface area (Å²) in [6, 6.07) is 12.4. The van der Waals surface area contributed by atoms with E-state index in [-0.39, 0.29) is 29.6 Å². The molecule has 2 atom stereocenters. The maximum absolute atomic E-state index is 13.4. The van der Waals surface area contributed by atoms with Crippen LogP contribution in [0.25, 0.3) is 0 Å². The Labute approximate surface area is 209 Å². The molecule has 0 aromatic heterocycles. The number of anilines is 1. The van der Waals surface area contributed by atoms with Crippen molar-refractivity contribution in [2.75, 3.05) is 31.1 Å². The smallest absolute Gasteiger partial charge is 0.376 e. The van der Waals surface area contributed by atoms with Crippen LogP contribution in [0.4, 0.5) is 18.9 Å². The van der Waals surface area contributed by atoms with Crippen molar-refractivity contribution in [1.82, 2.24) is 9.62 Å². The molecule has 0 spiro atoms. The van der Waals surface area contributed by atoms with E-state index in [9.17, 15) is 26.7 Å². The molecule has 1 saturated heterocycles. The second-order valence-electron chi connectivity index (χ2n) is 9.33. The molecule has 1 aliphatic carbocycles. The Morgan fingerprint density at radius 1 is 1.09 bits per heavy atom. The lowest BCUT2D eigenvalue weighted by molar-refractivity contribution is -0.258. The third-order valence-electron chi connectivity index (χ3n) is 6.99. The van der Waals surface area contributed by atoms with E-state index in [1.54, 1.807) is 30.3 Å². The highest BCUT2D eigenvalue weighted by molar-refractivity contribution is 7.90. The molecule has 0 radical (unpaired) electrons. The summed E-state index contributed by atoms with van der Waals surface area (Å²) in [5, 5.41) is 13.5. The Hall–Kier alpha value is -1.79. The van der Waals surface area contributed by atoms with Gasteiger partial charge >= 0.3 is 6.18 Å². The second-order valence-corrected chi connectivity index (χ2v) is 11.7. The molecular formula is C24H30F3N3O3S2. The van der Waals surface area contributed by atoms with Crippen molar-refractivity contribution in [2.45, 2.75) is 59.8 Å². The lowest BCUT2D eigenvalue weighted by atomic mass is 9.93. The summed E-state index contributed by atoms with van der Waals surface area (Å²) >= 11 is 4.32. The number of nitrogens with zero attached hydrogens (tertiary/aromatic N) is 2. The molecule has 2 aromatic carbocycles. The van der Waals surface area contributed by atoms with Crippen LogP contribution in [0, 0.1) is 0 Å². The average Bonchev–Trinajstić information content (AvgIpc) is 2.77. The van der Waals surface area contributed by atoms with Gasteiger partial charge in [-0.25, -0.2) is 8.42 Å². The van der Waals surface area contributed by atoms with Gasteiger partial charge in [-0.1, -0.05) is 30.7 Å². The number of piperazine rings is 1. The van der Waals surface area contributed by atoms with Crippen LogP contribution in [0.5, 0.6) is 0 Å². The summed E-state index contributed by atoms with van der Waals surface area (Å²) in [5.41, 5.74) is -2.52. The zero-order valence-electron chi connectivity index (χ0n) is 19.4. The molecule has 6 nitrogen and oxygen atoms in total. The molecule has 2 fully saturated rings.